The molecule has 0 spiro atoms. The molecule has 1 aromatic carbocycles. The predicted molar refractivity (Wildman–Crippen MR) is 96.5 cm³/mol. The lowest BCUT2D eigenvalue weighted by molar-refractivity contribution is -0.137. The van der Waals surface area contributed by atoms with Gasteiger partial charge in [0.25, 0.3) is 5.91 Å². The highest BCUT2D eigenvalue weighted by molar-refractivity contribution is 7.81. The maximum atomic E-state index is 12.7. The molecule has 6 heteroatoms. The van der Waals surface area contributed by atoms with Crippen LogP contribution in [0.3, 0.4) is 0 Å². The molecule has 2 nitrogen and oxygen atoms in total. The summed E-state index contributed by atoms with van der Waals surface area (Å²) in [5.74, 6) is -0.398. The molecule has 0 aliphatic carbocycles. The third-order valence-corrected chi connectivity index (χ3v) is 4.19. The number of halogens is 3. The van der Waals surface area contributed by atoms with E-state index in [9.17, 15) is 18.0 Å². The largest absolute Gasteiger partial charge is 0.416 e. The summed E-state index contributed by atoms with van der Waals surface area (Å²) in [6, 6.07) is 3.93. The van der Waals surface area contributed by atoms with E-state index in [1.165, 1.54) is 12.1 Å². The summed E-state index contributed by atoms with van der Waals surface area (Å²) in [5.41, 5.74) is -0.183. The summed E-state index contributed by atoms with van der Waals surface area (Å²) in [6.45, 7) is 13.5. The predicted octanol–water partition coefficient (Wildman–Crippen LogP) is 5.36. The lowest BCUT2D eigenvalue weighted by Gasteiger charge is -2.27. The molecule has 1 amide bonds. The Hall–Kier alpha value is -1.43. The van der Waals surface area contributed by atoms with E-state index in [4.69, 9.17) is 0 Å². The molecule has 0 aliphatic heterocycles. The van der Waals surface area contributed by atoms with Crippen molar-refractivity contribution in [1.82, 2.24) is 5.32 Å². The molecular weight excluding hydrogens is 335 g/mol. The van der Waals surface area contributed by atoms with E-state index in [-0.39, 0.29) is 16.7 Å². The zero-order valence-electron chi connectivity index (χ0n) is 14.7. The first-order chi connectivity index (χ1) is 11.0. The van der Waals surface area contributed by atoms with Gasteiger partial charge in [0, 0.05) is 10.8 Å². The molecule has 136 valence electrons. The highest BCUT2D eigenvalue weighted by Crippen LogP contribution is 2.29. The normalized spacial score (nSPS) is 13.6. The van der Waals surface area contributed by atoms with Crippen LogP contribution in [0.2, 0.25) is 0 Å². The van der Waals surface area contributed by atoms with E-state index in [2.05, 4.69) is 24.5 Å². The Bertz CT molecular complexity index is 555. The van der Waals surface area contributed by atoms with Crippen molar-refractivity contribution in [2.45, 2.75) is 52.1 Å². The van der Waals surface area contributed by atoms with Crippen LogP contribution in [0, 0.1) is 5.92 Å². The second kappa shape index (κ2) is 9.77. The quantitative estimate of drug-likeness (QED) is 0.536. The number of hydrogen-bond acceptors (Lipinski definition) is 2. The van der Waals surface area contributed by atoms with Crippen LogP contribution in [0.25, 0.3) is 0 Å². The minimum atomic E-state index is -4.48. The first kappa shape index (κ1) is 22.6. The molecule has 24 heavy (non-hydrogen) atoms. The molecule has 1 aromatic rings. The van der Waals surface area contributed by atoms with Gasteiger partial charge in [-0.1, -0.05) is 45.9 Å². The first-order valence-electron chi connectivity index (χ1n) is 7.85. The standard InChI is InChI=1S/C16H20F3NOS.C2H6/c1-9(2)13(14(22)10(3)4)20-15(21)11-6-5-7-12(8-11)16(17,18)19;1-2/h5-8,10,13-14,22H,1H2,2-4H3,(H,20,21);1-2H3. The van der Waals surface area contributed by atoms with Gasteiger partial charge in [-0.25, -0.2) is 0 Å². The van der Waals surface area contributed by atoms with Crippen molar-refractivity contribution in [1.29, 1.82) is 0 Å². The van der Waals surface area contributed by atoms with Gasteiger partial charge in [-0.15, -0.1) is 0 Å². The first-order valence-corrected chi connectivity index (χ1v) is 8.37. The van der Waals surface area contributed by atoms with Gasteiger partial charge >= 0.3 is 6.18 Å². The fourth-order valence-electron chi connectivity index (χ4n) is 1.95. The lowest BCUT2D eigenvalue weighted by atomic mass is 9.97. The van der Waals surface area contributed by atoms with Crippen molar-refractivity contribution >= 4 is 18.5 Å². The summed E-state index contributed by atoms with van der Waals surface area (Å²) < 4.78 is 38.1. The Morgan fingerprint density at radius 3 is 2.21 bits per heavy atom. The number of nitrogens with one attached hydrogen (secondary N) is 1. The van der Waals surface area contributed by atoms with Gasteiger partial charge < -0.3 is 5.32 Å². The summed E-state index contributed by atoms with van der Waals surface area (Å²) in [7, 11) is 0. The van der Waals surface area contributed by atoms with E-state index in [0.29, 0.717) is 5.57 Å². The Labute approximate surface area is 147 Å². The molecule has 0 saturated heterocycles. The van der Waals surface area contributed by atoms with E-state index in [1.807, 2.05) is 27.7 Å². The Morgan fingerprint density at radius 2 is 1.79 bits per heavy atom. The number of thiol groups is 1. The average Bonchev–Trinajstić information content (AvgIpc) is 2.52. The topological polar surface area (TPSA) is 29.1 Å². The molecule has 2 unspecified atom stereocenters. The molecule has 0 bridgehead atoms. The number of hydrogen-bond donors (Lipinski definition) is 2. The van der Waals surface area contributed by atoms with Crippen molar-refractivity contribution in [3.05, 3.63) is 47.5 Å². The van der Waals surface area contributed by atoms with Crippen LogP contribution in [-0.2, 0) is 6.18 Å². The minimum absolute atomic E-state index is 0.0367. The van der Waals surface area contributed by atoms with Crippen LogP contribution >= 0.6 is 12.6 Å². The minimum Gasteiger partial charge on any atom is -0.344 e. The molecule has 0 aliphatic rings. The number of amides is 1. The van der Waals surface area contributed by atoms with Crippen molar-refractivity contribution < 1.29 is 18.0 Å². The van der Waals surface area contributed by atoms with Crippen LogP contribution in [0.4, 0.5) is 13.2 Å². The Morgan fingerprint density at radius 1 is 1.25 bits per heavy atom. The fourth-order valence-corrected chi connectivity index (χ4v) is 2.28. The smallest absolute Gasteiger partial charge is 0.344 e. The number of rotatable bonds is 5. The van der Waals surface area contributed by atoms with Gasteiger partial charge in [-0.2, -0.15) is 25.8 Å². The molecule has 0 radical (unpaired) electrons. The van der Waals surface area contributed by atoms with Crippen LogP contribution in [0.5, 0.6) is 0 Å². The maximum absolute atomic E-state index is 12.7. The van der Waals surface area contributed by atoms with Gasteiger partial charge in [0.1, 0.15) is 0 Å². The molecule has 0 fully saturated rings. The number of carbonyl (C=O) groups excluding carboxylic acids is 1. The molecule has 0 saturated carbocycles. The van der Waals surface area contributed by atoms with Gasteiger partial charge in [0.15, 0.2) is 0 Å². The lowest BCUT2D eigenvalue weighted by Crippen LogP contribution is -2.43. The van der Waals surface area contributed by atoms with Gasteiger partial charge in [0.2, 0.25) is 0 Å². The average molecular weight is 361 g/mol. The zero-order chi connectivity index (χ0) is 19.1. The molecule has 0 aromatic heterocycles. The molecule has 1 N–H and O–H groups in total. The van der Waals surface area contributed by atoms with Crippen molar-refractivity contribution in [3.63, 3.8) is 0 Å². The number of benzene rings is 1. The SMILES string of the molecule is C=C(C)C(NC(=O)c1cccc(C(F)(F)F)c1)C(S)C(C)C.CC. The van der Waals surface area contributed by atoms with Gasteiger partial charge in [-0.05, 0) is 31.0 Å². The van der Waals surface area contributed by atoms with Crippen molar-refractivity contribution in [2.24, 2.45) is 5.92 Å². The van der Waals surface area contributed by atoms with Crippen molar-refractivity contribution in [2.75, 3.05) is 0 Å². The fraction of sp³-hybridized carbons (Fsp3) is 0.500. The maximum Gasteiger partial charge on any atom is 0.416 e. The molecule has 2 atom stereocenters. The van der Waals surface area contributed by atoms with Crippen LogP contribution in [0.15, 0.2) is 36.4 Å². The number of carbonyl (C=O) groups is 1. The summed E-state index contributed by atoms with van der Waals surface area (Å²) in [5, 5.41) is 2.54. The second-order valence-electron chi connectivity index (χ2n) is 5.61. The summed E-state index contributed by atoms with van der Waals surface area (Å²) in [4.78, 5) is 12.2. The third-order valence-electron chi connectivity index (χ3n) is 3.29. The van der Waals surface area contributed by atoms with Crippen LogP contribution in [0.1, 0.15) is 50.5 Å². The highest BCUT2D eigenvalue weighted by atomic mass is 32.1. The van der Waals surface area contributed by atoms with E-state index >= 15 is 0 Å². The van der Waals surface area contributed by atoms with Gasteiger partial charge in [0.05, 0.1) is 11.6 Å². The monoisotopic (exact) mass is 361 g/mol. The number of alkyl halides is 3. The molecule has 0 heterocycles. The van der Waals surface area contributed by atoms with E-state index in [0.717, 1.165) is 12.1 Å². The third kappa shape index (κ3) is 6.59. The van der Waals surface area contributed by atoms with Gasteiger partial charge in [-0.3, -0.25) is 4.79 Å². The van der Waals surface area contributed by atoms with E-state index < -0.39 is 23.7 Å². The second-order valence-corrected chi connectivity index (χ2v) is 6.21. The Balaban J connectivity index is 0.00000254. The molecular formula is C18H26F3NOS. The van der Waals surface area contributed by atoms with Crippen LogP contribution in [-0.4, -0.2) is 17.2 Å². The van der Waals surface area contributed by atoms with Crippen molar-refractivity contribution in [3.8, 4) is 0 Å². The Kier molecular flexibility index (Phi) is 9.18. The van der Waals surface area contributed by atoms with Crippen LogP contribution < -0.4 is 5.32 Å². The summed E-state index contributed by atoms with van der Waals surface area (Å²) in [6.07, 6.45) is -4.48. The zero-order valence-corrected chi connectivity index (χ0v) is 15.6. The molecule has 1 rings (SSSR count). The summed E-state index contributed by atoms with van der Waals surface area (Å²) >= 11 is 4.46. The van der Waals surface area contributed by atoms with E-state index in [1.54, 1.807) is 6.92 Å². The highest BCUT2D eigenvalue weighted by Gasteiger charge is 2.31.